The van der Waals surface area contributed by atoms with Gasteiger partial charge in [0.25, 0.3) is 0 Å². The van der Waals surface area contributed by atoms with Gasteiger partial charge >= 0.3 is 6.18 Å². The Kier molecular flexibility index (Phi) is 6.33. The van der Waals surface area contributed by atoms with Crippen molar-refractivity contribution in [3.63, 3.8) is 0 Å². The van der Waals surface area contributed by atoms with Gasteiger partial charge in [-0.15, -0.1) is 0 Å². The lowest BCUT2D eigenvalue weighted by atomic mass is 10.1. The first-order chi connectivity index (χ1) is 9.37. The van der Waals surface area contributed by atoms with Crippen LogP contribution >= 0.6 is 0 Å². The molecule has 0 saturated carbocycles. The summed E-state index contributed by atoms with van der Waals surface area (Å²) in [5.41, 5.74) is 2.78. The third kappa shape index (κ3) is 5.41. The van der Waals surface area contributed by atoms with Crippen molar-refractivity contribution in [3.8, 4) is 0 Å². The number of hydrogen-bond donors (Lipinski definition) is 1. The molecule has 0 radical (unpaired) electrons. The van der Waals surface area contributed by atoms with E-state index in [1.807, 2.05) is 32.9 Å². The summed E-state index contributed by atoms with van der Waals surface area (Å²) in [6, 6.07) is 5.53. The van der Waals surface area contributed by atoms with Crippen molar-refractivity contribution in [1.82, 2.24) is 5.32 Å². The number of hydrogen-bond acceptors (Lipinski definition) is 2. The van der Waals surface area contributed by atoms with Gasteiger partial charge in [0.1, 0.15) is 6.54 Å². The van der Waals surface area contributed by atoms with Crippen molar-refractivity contribution in [2.24, 2.45) is 0 Å². The molecular weight excluding hydrogens is 265 g/mol. The summed E-state index contributed by atoms with van der Waals surface area (Å²) in [6.07, 6.45) is -3.49. The molecule has 114 valence electrons. The molecule has 0 unspecified atom stereocenters. The van der Waals surface area contributed by atoms with Gasteiger partial charge in [-0.25, -0.2) is 0 Å². The topological polar surface area (TPSA) is 15.3 Å². The molecule has 0 spiro atoms. The minimum absolute atomic E-state index is 0.408. The summed E-state index contributed by atoms with van der Waals surface area (Å²) in [6.45, 7) is 6.98. The van der Waals surface area contributed by atoms with Crippen molar-refractivity contribution in [3.05, 3.63) is 29.3 Å². The van der Waals surface area contributed by atoms with Gasteiger partial charge in [-0.1, -0.05) is 19.9 Å². The summed E-state index contributed by atoms with van der Waals surface area (Å²) in [5, 5.41) is 3.22. The van der Waals surface area contributed by atoms with Gasteiger partial charge in [-0.05, 0) is 43.1 Å². The molecule has 1 N–H and O–H groups in total. The quantitative estimate of drug-likeness (QED) is 0.819. The van der Waals surface area contributed by atoms with Gasteiger partial charge in [0, 0.05) is 18.8 Å². The van der Waals surface area contributed by atoms with E-state index < -0.39 is 12.7 Å². The molecule has 1 aromatic carbocycles. The Balaban J connectivity index is 2.89. The fraction of sp³-hybridized carbons (Fsp3) is 0.600. The average molecular weight is 288 g/mol. The fourth-order valence-corrected chi connectivity index (χ4v) is 2.12. The van der Waals surface area contributed by atoms with Crippen LogP contribution in [0.1, 0.15) is 31.4 Å². The summed E-state index contributed by atoms with van der Waals surface area (Å²) >= 11 is 0. The molecule has 0 aliphatic rings. The first-order valence-corrected chi connectivity index (χ1v) is 6.99. The number of anilines is 1. The predicted octanol–water partition coefficient (Wildman–Crippen LogP) is 3.88. The second-order valence-electron chi connectivity index (χ2n) is 4.93. The Morgan fingerprint density at radius 3 is 2.40 bits per heavy atom. The zero-order chi connectivity index (χ0) is 15.2. The van der Waals surface area contributed by atoms with E-state index in [1.165, 1.54) is 4.90 Å². The Bertz CT molecular complexity index is 416. The van der Waals surface area contributed by atoms with Crippen LogP contribution in [0.15, 0.2) is 18.2 Å². The van der Waals surface area contributed by atoms with Crippen LogP contribution in [-0.4, -0.2) is 25.8 Å². The summed E-state index contributed by atoms with van der Waals surface area (Å²) in [7, 11) is 0. The van der Waals surface area contributed by atoms with Crippen LogP contribution in [0.5, 0.6) is 0 Å². The van der Waals surface area contributed by atoms with Gasteiger partial charge in [-0.3, -0.25) is 0 Å². The molecule has 0 fully saturated rings. The molecule has 0 saturated heterocycles. The van der Waals surface area contributed by atoms with Crippen molar-refractivity contribution in [2.45, 2.75) is 39.9 Å². The van der Waals surface area contributed by atoms with Gasteiger partial charge in [0.05, 0.1) is 0 Å². The highest BCUT2D eigenvalue weighted by atomic mass is 19.4. The Morgan fingerprint density at radius 2 is 1.90 bits per heavy atom. The molecule has 0 heterocycles. The number of nitrogens with zero attached hydrogens (tertiary/aromatic N) is 1. The highest BCUT2D eigenvalue weighted by molar-refractivity contribution is 5.51. The molecule has 2 nitrogen and oxygen atoms in total. The Hall–Kier alpha value is -1.23. The van der Waals surface area contributed by atoms with Crippen LogP contribution < -0.4 is 10.2 Å². The second-order valence-corrected chi connectivity index (χ2v) is 4.93. The minimum atomic E-state index is -4.18. The van der Waals surface area contributed by atoms with E-state index in [1.54, 1.807) is 6.07 Å². The van der Waals surface area contributed by atoms with Crippen LogP contribution in [0.3, 0.4) is 0 Å². The molecule has 1 rings (SSSR count). The van der Waals surface area contributed by atoms with Crippen molar-refractivity contribution < 1.29 is 13.2 Å². The van der Waals surface area contributed by atoms with E-state index in [-0.39, 0.29) is 0 Å². The molecule has 0 aliphatic heterocycles. The molecule has 5 heteroatoms. The maximum atomic E-state index is 12.6. The van der Waals surface area contributed by atoms with Gasteiger partial charge in [0.15, 0.2) is 0 Å². The smallest absolute Gasteiger partial charge is 0.363 e. The van der Waals surface area contributed by atoms with Crippen LogP contribution in [0.2, 0.25) is 0 Å². The lowest BCUT2D eigenvalue weighted by Crippen LogP contribution is -2.34. The third-order valence-corrected chi connectivity index (χ3v) is 3.12. The van der Waals surface area contributed by atoms with Gasteiger partial charge in [-0.2, -0.15) is 13.2 Å². The number of benzene rings is 1. The summed E-state index contributed by atoms with van der Waals surface area (Å²) in [5.74, 6) is 0. The fourth-order valence-electron chi connectivity index (χ4n) is 2.12. The summed E-state index contributed by atoms with van der Waals surface area (Å²) < 4.78 is 37.8. The molecule has 1 aromatic rings. The highest BCUT2D eigenvalue weighted by Gasteiger charge is 2.30. The Morgan fingerprint density at radius 1 is 1.20 bits per heavy atom. The number of halogens is 3. The van der Waals surface area contributed by atoms with Crippen LogP contribution in [-0.2, 0) is 6.54 Å². The molecule has 0 aromatic heterocycles. The lowest BCUT2D eigenvalue weighted by Gasteiger charge is -2.26. The zero-order valence-electron chi connectivity index (χ0n) is 12.3. The first kappa shape index (κ1) is 16.8. The summed E-state index contributed by atoms with van der Waals surface area (Å²) in [4.78, 5) is 1.39. The predicted molar refractivity (Wildman–Crippen MR) is 77.1 cm³/mol. The monoisotopic (exact) mass is 288 g/mol. The van der Waals surface area contributed by atoms with Crippen molar-refractivity contribution >= 4 is 5.69 Å². The third-order valence-electron chi connectivity index (χ3n) is 3.12. The normalized spacial score (nSPS) is 11.7. The van der Waals surface area contributed by atoms with Gasteiger partial charge in [0.2, 0.25) is 0 Å². The van der Waals surface area contributed by atoms with E-state index in [2.05, 4.69) is 5.32 Å². The van der Waals surface area contributed by atoms with Crippen LogP contribution in [0.4, 0.5) is 18.9 Å². The van der Waals surface area contributed by atoms with Crippen LogP contribution in [0.25, 0.3) is 0 Å². The molecule has 0 bridgehead atoms. The zero-order valence-corrected chi connectivity index (χ0v) is 12.3. The lowest BCUT2D eigenvalue weighted by molar-refractivity contribution is -0.119. The van der Waals surface area contributed by atoms with Crippen molar-refractivity contribution in [2.75, 3.05) is 24.5 Å². The maximum absolute atomic E-state index is 12.6. The van der Waals surface area contributed by atoms with Gasteiger partial charge < -0.3 is 10.2 Å². The average Bonchev–Trinajstić information content (AvgIpc) is 2.35. The standard InChI is InChI=1S/C15H23F3N2/c1-4-8-20(11-15(16,17)18)14-7-6-13(10-19-5-2)12(3)9-14/h6-7,9,19H,4-5,8,10-11H2,1-3H3. The van der Waals surface area contributed by atoms with Crippen molar-refractivity contribution in [1.29, 1.82) is 0 Å². The first-order valence-electron chi connectivity index (χ1n) is 6.99. The highest BCUT2D eigenvalue weighted by Crippen LogP contribution is 2.24. The maximum Gasteiger partial charge on any atom is 0.405 e. The molecule has 20 heavy (non-hydrogen) atoms. The molecule has 0 atom stereocenters. The Labute approximate surface area is 119 Å². The molecular formula is C15H23F3N2. The SMILES string of the molecule is CCCN(CC(F)(F)F)c1ccc(CNCC)c(C)c1. The van der Waals surface area contributed by atoms with E-state index in [9.17, 15) is 13.2 Å². The number of rotatable bonds is 7. The van der Waals surface area contributed by atoms with E-state index in [4.69, 9.17) is 0 Å². The number of nitrogens with one attached hydrogen (secondary N) is 1. The van der Waals surface area contributed by atoms with E-state index in [0.29, 0.717) is 18.7 Å². The van der Waals surface area contributed by atoms with E-state index >= 15 is 0 Å². The largest absolute Gasteiger partial charge is 0.405 e. The molecule has 0 aliphatic carbocycles. The molecule has 0 amide bonds. The number of alkyl halides is 3. The van der Waals surface area contributed by atoms with Crippen LogP contribution in [0, 0.1) is 6.92 Å². The minimum Gasteiger partial charge on any atom is -0.363 e. The second kappa shape index (κ2) is 7.53. The number of aryl methyl sites for hydroxylation is 1. The van der Waals surface area contributed by atoms with E-state index in [0.717, 1.165) is 24.2 Å².